The Morgan fingerprint density at radius 1 is 1.06 bits per heavy atom. The van der Waals surface area contributed by atoms with E-state index in [9.17, 15) is 4.39 Å². The zero-order valence-electron chi connectivity index (χ0n) is 19.0. The highest BCUT2D eigenvalue weighted by Crippen LogP contribution is 2.38. The Kier molecular flexibility index (Phi) is 8.53. The Labute approximate surface area is 212 Å². The van der Waals surface area contributed by atoms with E-state index < -0.39 is 0 Å². The van der Waals surface area contributed by atoms with Gasteiger partial charge in [-0.15, -0.1) is 0 Å². The highest BCUT2D eigenvalue weighted by atomic mass is 79.9. The number of rotatable bonds is 9. The van der Waals surface area contributed by atoms with Crippen molar-refractivity contribution in [2.24, 2.45) is 0 Å². The predicted molar refractivity (Wildman–Crippen MR) is 138 cm³/mol. The van der Waals surface area contributed by atoms with Crippen LogP contribution in [0.15, 0.2) is 59.1 Å². The van der Waals surface area contributed by atoms with Gasteiger partial charge in [-0.3, -0.25) is 0 Å². The van der Waals surface area contributed by atoms with E-state index in [0.29, 0.717) is 35.2 Å². The van der Waals surface area contributed by atoms with Crippen LogP contribution >= 0.6 is 27.5 Å². The summed E-state index contributed by atoms with van der Waals surface area (Å²) < 4.78 is 31.4. The quantitative estimate of drug-likeness (QED) is 0.323. The van der Waals surface area contributed by atoms with E-state index in [-0.39, 0.29) is 12.4 Å². The summed E-state index contributed by atoms with van der Waals surface area (Å²) in [5.74, 6) is 0.841. The van der Waals surface area contributed by atoms with Crippen molar-refractivity contribution in [3.63, 3.8) is 0 Å². The molecule has 3 aromatic carbocycles. The van der Waals surface area contributed by atoms with Gasteiger partial charge in [-0.1, -0.05) is 17.7 Å². The second-order valence-corrected chi connectivity index (χ2v) is 9.12. The molecular formula is C26H27BrClFN2O3. The summed E-state index contributed by atoms with van der Waals surface area (Å²) in [5.41, 5.74) is 3.98. The van der Waals surface area contributed by atoms with Crippen LogP contribution in [0.3, 0.4) is 0 Å². The van der Waals surface area contributed by atoms with Gasteiger partial charge in [-0.05, 0) is 76.9 Å². The lowest BCUT2D eigenvalue weighted by Gasteiger charge is -2.29. The molecule has 1 aliphatic rings. The largest absolute Gasteiger partial charge is 0.490 e. The average Bonchev–Trinajstić information content (AvgIpc) is 2.84. The number of hydrogen-bond donors (Lipinski definition) is 1. The summed E-state index contributed by atoms with van der Waals surface area (Å²) in [5, 5.41) is 3.79. The summed E-state index contributed by atoms with van der Waals surface area (Å²) in [6, 6.07) is 16.7. The minimum absolute atomic E-state index is 0.199. The molecule has 0 spiro atoms. The Balaban J connectivity index is 1.42. The van der Waals surface area contributed by atoms with Gasteiger partial charge in [0.15, 0.2) is 11.5 Å². The molecule has 0 unspecified atom stereocenters. The van der Waals surface area contributed by atoms with Crippen LogP contribution in [0, 0.1) is 5.82 Å². The molecule has 0 aromatic heterocycles. The number of ether oxygens (including phenoxy) is 3. The molecule has 1 N–H and O–H groups in total. The van der Waals surface area contributed by atoms with Crippen LogP contribution in [0.4, 0.5) is 15.8 Å². The maximum atomic E-state index is 13.3. The highest BCUT2D eigenvalue weighted by Gasteiger charge is 2.14. The summed E-state index contributed by atoms with van der Waals surface area (Å²) in [6.07, 6.45) is 0. The van der Waals surface area contributed by atoms with E-state index in [0.717, 1.165) is 42.0 Å². The molecule has 0 bridgehead atoms. The summed E-state index contributed by atoms with van der Waals surface area (Å²) in [6.45, 7) is 6.63. The third-order valence-corrected chi connectivity index (χ3v) is 6.44. The van der Waals surface area contributed by atoms with Crippen LogP contribution in [0.5, 0.6) is 11.5 Å². The standard InChI is InChI=1S/C26H27BrClFN2O3/c1-2-33-25-14-18(13-23(27)26(25)34-17-19-3-4-20(29)15-24(19)28)16-30-21-5-7-22(8-6-21)31-9-11-32-12-10-31/h3-8,13-15,30H,2,9-12,16-17H2,1H3. The Morgan fingerprint density at radius 3 is 2.53 bits per heavy atom. The monoisotopic (exact) mass is 548 g/mol. The van der Waals surface area contributed by atoms with E-state index in [1.807, 2.05) is 19.1 Å². The number of halogens is 3. The van der Waals surface area contributed by atoms with Crippen LogP contribution in [-0.4, -0.2) is 32.9 Å². The van der Waals surface area contributed by atoms with Crippen molar-refractivity contribution < 1.29 is 18.6 Å². The van der Waals surface area contributed by atoms with Crippen LogP contribution in [0.1, 0.15) is 18.1 Å². The molecule has 0 aliphatic carbocycles. The second-order valence-electron chi connectivity index (χ2n) is 7.86. The van der Waals surface area contributed by atoms with Crippen molar-refractivity contribution in [2.45, 2.75) is 20.1 Å². The molecule has 0 amide bonds. The fraction of sp³-hybridized carbons (Fsp3) is 0.308. The average molecular weight is 550 g/mol. The number of anilines is 2. The molecule has 0 saturated carbocycles. The zero-order valence-corrected chi connectivity index (χ0v) is 21.3. The van der Waals surface area contributed by atoms with E-state index in [1.165, 1.54) is 17.8 Å². The maximum absolute atomic E-state index is 13.3. The molecule has 0 atom stereocenters. The van der Waals surface area contributed by atoms with Crippen LogP contribution in [-0.2, 0) is 17.9 Å². The first-order valence-electron chi connectivity index (χ1n) is 11.2. The SMILES string of the molecule is CCOc1cc(CNc2ccc(N3CCOCC3)cc2)cc(Br)c1OCc1ccc(F)cc1Cl. The first-order chi connectivity index (χ1) is 16.5. The number of nitrogens with one attached hydrogen (secondary N) is 1. The number of benzene rings is 3. The van der Waals surface area contributed by atoms with E-state index in [2.05, 4.69) is 50.4 Å². The predicted octanol–water partition coefficient (Wildman–Crippen LogP) is 6.67. The van der Waals surface area contributed by atoms with Gasteiger partial charge in [-0.2, -0.15) is 0 Å². The van der Waals surface area contributed by atoms with E-state index in [1.54, 1.807) is 6.07 Å². The van der Waals surface area contributed by atoms with Gasteiger partial charge in [0.05, 0.1) is 29.3 Å². The molecule has 1 fully saturated rings. The summed E-state index contributed by atoms with van der Waals surface area (Å²) in [4.78, 5) is 2.33. The number of nitrogens with zero attached hydrogens (tertiary/aromatic N) is 1. The first kappa shape index (κ1) is 24.6. The van der Waals surface area contributed by atoms with Crippen LogP contribution in [0.25, 0.3) is 0 Å². The minimum atomic E-state index is -0.377. The molecular weight excluding hydrogens is 523 g/mol. The van der Waals surface area contributed by atoms with E-state index in [4.69, 9.17) is 25.8 Å². The lowest BCUT2D eigenvalue weighted by molar-refractivity contribution is 0.122. The van der Waals surface area contributed by atoms with Gasteiger partial charge < -0.3 is 24.4 Å². The molecule has 3 aromatic rings. The Bertz CT molecular complexity index is 1110. The van der Waals surface area contributed by atoms with Gasteiger partial charge in [0, 0.05) is 36.6 Å². The molecule has 1 aliphatic heterocycles. The molecule has 4 rings (SSSR count). The van der Waals surface area contributed by atoms with Gasteiger partial charge in [-0.25, -0.2) is 4.39 Å². The van der Waals surface area contributed by atoms with Crippen LogP contribution in [0.2, 0.25) is 5.02 Å². The van der Waals surface area contributed by atoms with Crippen molar-refractivity contribution in [1.29, 1.82) is 0 Å². The Morgan fingerprint density at radius 2 is 1.82 bits per heavy atom. The van der Waals surface area contributed by atoms with Crippen molar-refractivity contribution in [3.8, 4) is 11.5 Å². The van der Waals surface area contributed by atoms with Crippen molar-refractivity contribution in [1.82, 2.24) is 0 Å². The molecule has 8 heteroatoms. The first-order valence-corrected chi connectivity index (χ1v) is 12.4. The van der Waals surface area contributed by atoms with Gasteiger partial charge in [0.2, 0.25) is 0 Å². The zero-order chi connectivity index (χ0) is 23.9. The summed E-state index contributed by atoms with van der Waals surface area (Å²) >= 11 is 9.75. The molecule has 1 saturated heterocycles. The molecule has 1 heterocycles. The highest BCUT2D eigenvalue weighted by molar-refractivity contribution is 9.10. The topological polar surface area (TPSA) is 43.0 Å². The van der Waals surface area contributed by atoms with Gasteiger partial charge >= 0.3 is 0 Å². The minimum Gasteiger partial charge on any atom is -0.490 e. The fourth-order valence-corrected chi connectivity index (χ4v) is 4.56. The molecule has 0 radical (unpaired) electrons. The smallest absolute Gasteiger partial charge is 0.175 e. The Hall–Kier alpha value is -2.48. The number of morpholine rings is 1. The fourth-order valence-electron chi connectivity index (χ4n) is 3.73. The molecule has 5 nitrogen and oxygen atoms in total. The van der Waals surface area contributed by atoms with Gasteiger partial charge in [0.1, 0.15) is 12.4 Å². The van der Waals surface area contributed by atoms with E-state index >= 15 is 0 Å². The normalized spacial score (nSPS) is 13.6. The third-order valence-electron chi connectivity index (χ3n) is 5.50. The maximum Gasteiger partial charge on any atom is 0.175 e. The summed E-state index contributed by atoms with van der Waals surface area (Å²) in [7, 11) is 0. The van der Waals surface area contributed by atoms with Gasteiger partial charge in [0.25, 0.3) is 0 Å². The molecule has 34 heavy (non-hydrogen) atoms. The third kappa shape index (κ3) is 6.34. The second kappa shape index (κ2) is 11.8. The van der Waals surface area contributed by atoms with Crippen molar-refractivity contribution in [3.05, 3.63) is 81.0 Å². The number of hydrogen-bond acceptors (Lipinski definition) is 5. The van der Waals surface area contributed by atoms with Crippen LogP contribution < -0.4 is 19.7 Å². The lowest BCUT2D eigenvalue weighted by atomic mass is 10.2. The molecule has 180 valence electrons. The lowest BCUT2D eigenvalue weighted by Crippen LogP contribution is -2.36. The van der Waals surface area contributed by atoms with Crippen molar-refractivity contribution in [2.75, 3.05) is 43.1 Å². The van der Waals surface area contributed by atoms with Crippen molar-refractivity contribution >= 4 is 38.9 Å².